The molecule has 1 aromatic heterocycles. The molecule has 0 radical (unpaired) electrons. The van der Waals surface area contributed by atoms with E-state index in [1.165, 1.54) is 18.4 Å². The van der Waals surface area contributed by atoms with Gasteiger partial charge in [-0.05, 0) is 6.42 Å². The van der Waals surface area contributed by atoms with Gasteiger partial charge >= 0.3 is 5.97 Å². The number of hydrogen-bond acceptors (Lipinski definition) is 4. The van der Waals surface area contributed by atoms with Gasteiger partial charge in [0.05, 0.1) is 11.9 Å². The zero-order chi connectivity index (χ0) is 10.6. The van der Waals surface area contributed by atoms with Crippen LogP contribution in [0, 0.1) is 0 Å². The summed E-state index contributed by atoms with van der Waals surface area (Å²) in [4.78, 5) is 15.6. The van der Waals surface area contributed by atoms with Crippen molar-refractivity contribution in [3.05, 3.63) is 16.1 Å². The van der Waals surface area contributed by atoms with Gasteiger partial charge in [0.2, 0.25) is 0 Å². The Morgan fingerprint density at radius 1 is 1.79 bits per heavy atom. The third kappa shape index (κ3) is 2.78. The van der Waals surface area contributed by atoms with Crippen LogP contribution in [0.25, 0.3) is 0 Å². The Balaban J connectivity index is 2.72. The van der Waals surface area contributed by atoms with Crippen LogP contribution in [-0.4, -0.2) is 18.1 Å². The molecule has 0 aliphatic heterocycles. The van der Waals surface area contributed by atoms with Gasteiger partial charge in [-0.25, -0.2) is 9.78 Å². The summed E-state index contributed by atoms with van der Waals surface area (Å²) in [6, 6.07) is 0. The number of rotatable bonds is 4. The molecule has 14 heavy (non-hydrogen) atoms. The van der Waals surface area contributed by atoms with E-state index in [9.17, 15) is 4.79 Å². The number of halogens is 1. The number of methoxy groups -OCH3 is 1. The summed E-state index contributed by atoms with van der Waals surface area (Å²) >= 11 is 5.01. The molecular weight excluding hydrogens is 266 g/mol. The zero-order valence-corrected chi connectivity index (χ0v) is 10.5. The van der Waals surface area contributed by atoms with E-state index in [2.05, 4.69) is 32.6 Å². The van der Waals surface area contributed by atoms with Crippen molar-refractivity contribution in [1.29, 1.82) is 0 Å². The summed E-state index contributed by atoms with van der Waals surface area (Å²) in [5.41, 5.74) is 0.396. The molecule has 1 aromatic rings. The number of alkyl halides is 1. The first-order chi connectivity index (χ1) is 6.69. The lowest BCUT2D eigenvalue weighted by Gasteiger charge is -2.02. The highest BCUT2D eigenvalue weighted by atomic mass is 79.9. The summed E-state index contributed by atoms with van der Waals surface area (Å²) in [5.74, 6) is -0.372. The smallest absolute Gasteiger partial charge is 0.357 e. The van der Waals surface area contributed by atoms with Crippen molar-refractivity contribution >= 4 is 33.2 Å². The highest BCUT2D eigenvalue weighted by molar-refractivity contribution is 9.09. The zero-order valence-electron chi connectivity index (χ0n) is 8.12. The Bertz CT molecular complexity index is 314. The molecule has 1 rings (SSSR count). The van der Waals surface area contributed by atoms with Gasteiger partial charge in [-0.1, -0.05) is 29.3 Å². The first kappa shape index (κ1) is 11.7. The minimum absolute atomic E-state index is 0.246. The molecule has 0 amide bonds. The van der Waals surface area contributed by atoms with Gasteiger partial charge in [0.15, 0.2) is 5.69 Å². The molecule has 0 aromatic carbocycles. The topological polar surface area (TPSA) is 39.2 Å². The van der Waals surface area contributed by atoms with Crippen LogP contribution in [0.1, 0.15) is 40.1 Å². The number of thiazole rings is 1. The van der Waals surface area contributed by atoms with Gasteiger partial charge in [0.25, 0.3) is 0 Å². The Hall–Kier alpha value is -0.420. The predicted molar refractivity (Wildman–Crippen MR) is 60.0 cm³/mol. The first-order valence-electron chi connectivity index (χ1n) is 4.36. The third-order valence-electron chi connectivity index (χ3n) is 1.73. The van der Waals surface area contributed by atoms with Crippen LogP contribution in [0.2, 0.25) is 0 Å². The predicted octanol–water partition coefficient (Wildman–Crippen LogP) is 3.17. The monoisotopic (exact) mass is 277 g/mol. The molecule has 0 fully saturated rings. The van der Waals surface area contributed by atoms with Crippen LogP contribution in [-0.2, 0) is 4.74 Å². The Labute approximate surface area is 95.6 Å². The van der Waals surface area contributed by atoms with Gasteiger partial charge in [-0.15, -0.1) is 11.3 Å². The third-order valence-corrected chi connectivity index (χ3v) is 3.88. The van der Waals surface area contributed by atoms with E-state index in [1.54, 1.807) is 5.38 Å². The van der Waals surface area contributed by atoms with E-state index < -0.39 is 0 Å². The Morgan fingerprint density at radius 2 is 2.50 bits per heavy atom. The number of carbonyl (C=O) groups excluding carboxylic acids is 1. The average Bonchev–Trinajstić information content (AvgIpc) is 2.66. The fourth-order valence-electron chi connectivity index (χ4n) is 1.01. The fraction of sp³-hybridized carbons (Fsp3) is 0.556. The average molecular weight is 278 g/mol. The van der Waals surface area contributed by atoms with Crippen molar-refractivity contribution in [2.24, 2.45) is 0 Å². The SMILES string of the molecule is CCCC(Br)c1nc(C(=O)OC)cs1. The van der Waals surface area contributed by atoms with Crippen molar-refractivity contribution in [1.82, 2.24) is 4.98 Å². The molecule has 0 bridgehead atoms. The molecule has 1 heterocycles. The summed E-state index contributed by atoms with van der Waals surface area (Å²) in [6.07, 6.45) is 2.11. The number of hydrogen-bond donors (Lipinski definition) is 0. The van der Waals surface area contributed by atoms with Crippen molar-refractivity contribution in [3.8, 4) is 0 Å². The van der Waals surface area contributed by atoms with Crippen molar-refractivity contribution < 1.29 is 9.53 Å². The number of esters is 1. The lowest BCUT2D eigenvalue weighted by molar-refractivity contribution is 0.0594. The molecule has 0 saturated heterocycles. The molecule has 0 aliphatic carbocycles. The van der Waals surface area contributed by atoms with Crippen LogP contribution in [0.15, 0.2) is 5.38 Å². The molecular formula is C9H12BrNO2S. The minimum Gasteiger partial charge on any atom is -0.464 e. The molecule has 0 saturated carbocycles. The summed E-state index contributed by atoms with van der Waals surface area (Å²) < 4.78 is 4.58. The molecule has 1 atom stereocenters. The van der Waals surface area contributed by atoms with E-state index in [0.717, 1.165) is 17.8 Å². The van der Waals surface area contributed by atoms with Crippen LogP contribution in [0.4, 0.5) is 0 Å². The van der Waals surface area contributed by atoms with Gasteiger partial charge in [-0.2, -0.15) is 0 Å². The summed E-state index contributed by atoms with van der Waals surface area (Å²) in [7, 11) is 1.36. The van der Waals surface area contributed by atoms with E-state index in [-0.39, 0.29) is 10.8 Å². The number of aromatic nitrogens is 1. The van der Waals surface area contributed by atoms with Gasteiger partial charge in [0, 0.05) is 5.38 Å². The molecule has 0 N–H and O–H groups in total. The van der Waals surface area contributed by atoms with E-state index in [1.807, 2.05) is 0 Å². The number of carbonyl (C=O) groups is 1. The van der Waals surface area contributed by atoms with E-state index in [4.69, 9.17) is 0 Å². The van der Waals surface area contributed by atoms with Crippen LogP contribution < -0.4 is 0 Å². The lowest BCUT2D eigenvalue weighted by Crippen LogP contribution is -2.01. The van der Waals surface area contributed by atoms with Crippen molar-refractivity contribution in [3.63, 3.8) is 0 Å². The normalized spacial score (nSPS) is 12.5. The maximum absolute atomic E-state index is 11.1. The lowest BCUT2D eigenvalue weighted by atomic mass is 10.3. The largest absolute Gasteiger partial charge is 0.464 e. The van der Waals surface area contributed by atoms with Crippen LogP contribution in [0.3, 0.4) is 0 Å². The van der Waals surface area contributed by atoms with Crippen molar-refractivity contribution in [2.45, 2.75) is 24.6 Å². The molecule has 0 spiro atoms. The molecule has 3 nitrogen and oxygen atoms in total. The molecule has 1 unspecified atom stereocenters. The standard InChI is InChI=1S/C9H12BrNO2S/c1-3-4-6(10)8-11-7(5-14-8)9(12)13-2/h5-6H,3-4H2,1-2H3. The Morgan fingerprint density at radius 3 is 3.07 bits per heavy atom. The molecule has 78 valence electrons. The highest BCUT2D eigenvalue weighted by Gasteiger charge is 2.15. The number of ether oxygens (including phenoxy) is 1. The quantitative estimate of drug-likeness (QED) is 0.627. The minimum atomic E-state index is -0.372. The van der Waals surface area contributed by atoms with Crippen LogP contribution >= 0.6 is 27.3 Å². The van der Waals surface area contributed by atoms with Gasteiger partial charge < -0.3 is 4.74 Å². The highest BCUT2D eigenvalue weighted by Crippen LogP contribution is 2.30. The summed E-state index contributed by atoms with van der Waals surface area (Å²) in [6.45, 7) is 2.11. The van der Waals surface area contributed by atoms with E-state index >= 15 is 0 Å². The van der Waals surface area contributed by atoms with Gasteiger partial charge in [0.1, 0.15) is 5.01 Å². The maximum atomic E-state index is 11.1. The second kappa shape index (κ2) is 5.46. The molecule has 5 heteroatoms. The van der Waals surface area contributed by atoms with E-state index in [0.29, 0.717) is 5.69 Å². The van der Waals surface area contributed by atoms with Crippen LogP contribution in [0.5, 0.6) is 0 Å². The Kier molecular flexibility index (Phi) is 4.54. The molecule has 0 aliphatic rings. The summed E-state index contributed by atoms with van der Waals surface area (Å²) in [5, 5.41) is 2.66. The maximum Gasteiger partial charge on any atom is 0.357 e. The number of nitrogens with zero attached hydrogens (tertiary/aromatic N) is 1. The van der Waals surface area contributed by atoms with Gasteiger partial charge in [-0.3, -0.25) is 0 Å². The first-order valence-corrected chi connectivity index (χ1v) is 6.16. The second-order valence-electron chi connectivity index (χ2n) is 2.82. The van der Waals surface area contributed by atoms with Crippen molar-refractivity contribution in [2.75, 3.05) is 7.11 Å². The fourth-order valence-corrected chi connectivity index (χ4v) is 2.69. The second-order valence-corrected chi connectivity index (χ2v) is 4.81.